The van der Waals surface area contributed by atoms with Crippen LogP contribution in [0.4, 0.5) is 0 Å². The second kappa shape index (κ2) is 6.01. The van der Waals surface area contributed by atoms with Crippen molar-refractivity contribution in [1.29, 1.82) is 0 Å². The van der Waals surface area contributed by atoms with Crippen LogP contribution in [0.1, 0.15) is 39.7 Å². The average molecular weight is 249 g/mol. The Balaban J connectivity index is 2.92. The van der Waals surface area contributed by atoms with E-state index in [1.165, 1.54) is 0 Å². The Morgan fingerprint density at radius 3 is 2.28 bits per heavy atom. The minimum atomic E-state index is -1.03. The molecule has 0 aromatic heterocycles. The second-order valence-electron chi connectivity index (χ2n) is 5.47. The predicted octanol–water partition coefficient (Wildman–Crippen LogP) is 3.01. The van der Waals surface area contributed by atoms with Gasteiger partial charge in [-0.1, -0.05) is 44.2 Å². The van der Waals surface area contributed by atoms with Crippen molar-refractivity contribution in [3.8, 4) is 0 Å². The molecular weight excluding hydrogens is 226 g/mol. The summed E-state index contributed by atoms with van der Waals surface area (Å²) in [4.78, 5) is 11.6. The maximum atomic E-state index is 11.6. The molecule has 2 atom stereocenters. The van der Waals surface area contributed by atoms with Crippen molar-refractivity contribution in [2.75, 3.05) is 0 Å². The first-order valence-corrected chi connectivity index (χ1v) is 6.43. The Bertz CT molecular complexity index is 389. The predicted molar refractivity (Wildman–Crippen MR) is 73.5 cm³/mol. The standard InChI is InChI=1S/C15H23NO2/c1-11(2)10-12(3)16-15(4,14(17)18)13-8-6-5-7-9-13/h5-9,11-12,16H,10H2,1-4H3,(H,17,18). The van der Waals surface area contributed by atoms with E-state index in [9.17, 15) is 9.90 Å². The molecule has 1 aromatic rings. The van der Waals surface area contributed by atoms with E-state index in [-0.39, 0.29) is 6.04 Å². The van der Waals surface area contributed by atoms with E-state index >= 15 is 0 Å². The highest BCUT2D eigenvalue weighted by Crippen LogP contribution is 2.22. The lowest BCUT2D eigenvalue weighted by Crippen LogP contribution is -2.50. The van der Waals surface area contributed by atoms with Gasteiger partial charge in [0, 0.05) is 6.04 Å². The molecule has 0 aliphatic heterocycles. The molecule has 0 saturated carbocycles. The molecule has 0 heterocycles. The molecule has 0 spiro atoms. The normalized spacial score (nSPS) is 16.3. The quantitative estimate of drug-likeness (QED) is 0.814. The minimum absolute atomic E-state index is 0.159. The van der Waals surface area contributed by atoms with Gasteiger partial charge in [0.15, 0.2) is 0 Å². The number of carboxylic acids is 1. The Labute approximate surface area is 109 Å². The Morgan fingerprint density at radius 2 is 1.83 bits per heavy atom. The lowest BCUT2D eigenvalue weighted by atomic mass is 9.90. The first-order chi connectivity index (χ1) is 8.36. The van der Waals surface area contributed by atoms with Crippen molar-refractivity contribution in [3.05, 3.63) is 35.9 Å². The summed E-state index contributed by atoms with van der Waals surface area (Å²) in [6.45, 7) is 8.03. The number of hydrogen-bond donors (Lipinski definition) is 2. The summed E-state index contributed by atoms with van der Waals surface area (Å²) in [6.07, 6.45) is 0.954. The van der Waals surface area contributed by atoms with E-state index in [1.54, 1.807) is 6.92 Å². The summed E-state index contributed by atoms with van der Waals surface area (Å²) in [5.74, 6) is -0.300. The highest BCUT2D eigenvalue weighted by atomic mass is 16.4. The Hall–Kier alpha value is -1.35. The molecule has 1 rings (SSSR count). The molecule has 0 aliphatic carbocycles. The Morgan fingerprint density at radius 1 is 1.28 bits per heavy atom. The number of carboxylic acid groups (broad SMARTS) is 1. The van der Waals surface area contributed by atoms with Crippen LogP contribution < -0.4 is 5.32 Å². The minimum Gasteiger partial charge on any atom is -0.480 e. The number of rotatable bonds is 6. The van der Waals surface area contributed by atoms with Gasteiger partial charge in [-0.2, -0.15) is 0 Å². The number of carbonyl (C=O) groups is 1. The van der Waals surface area contributed by atoms with Crippen LogP contribution in [0.5, 0.6) is 0 Å². The summed E-state index contributed by atoms with van der Waals surface area (Å²) in [5, 5.41) is 12.7. The molecule has 2 unspecified atom stereocenters. The van der Waals surface area contributed by atoms with E-state index in [2.05, 4.69) is 19.2 Å². The third kappa shape index (κ3) is 3.57. The van der Waals surface area contributed by atoms with Crippen molar-refractivity contribution in [3.63, 3.8) is 0 Å². The van der Waals surface area contributed by atoms with Crippen molar-refractivity contribution in [2.24, 2.45) is 5.92 Å². The maximum Gasteiger partial charge on any atom is 0.328 e. The van der Waals surface area contributed by atoms with Gasteiger partial charge in [0.25, 0.3) is 0 Å². The zero-order chi connectivity index (χ0) is 13.8. The van der Waals surface area contributed by atoms with Crippen LogP contribution >= 0.6 is 0 Å². The summed E-state index contributed by atoms with van der Waals surface area (Å²) < 4.78 is 0. The number of nitrogens with one attached hydrogen (secondary N) is 1. The number of aliphatic carboxylic acids is 1. The van der Waals surface area contributed by atoms with E-state index in [1.807, 2.05) is 37.3 Å². The van der Waals surface area contributed by atoms with E-state index < -0.39 is 11.5 Å². The van der Waals surface area contributed by atoms with Gasteiger partial charge in [-0.15, -0.1) is 0 Å². The zero-order valence-corrected chi connectivity index (χ0v) is 11.6. The van der Waals surface area contributed by atoms with Gasteiger partial charge in [-0.05, 0) is 31.7 Å². The smallest absolute Gasteiger partial charge is 0.328 e. The average Bonchev–Trinajstić information content (AvgIpc) is 2.28. The SMILES string of the molecule is CC(C)CC(C)NC(C)(C(=O)O)c1ccccc1. The fourth-order valence-electron chi connectivity index (χ4n) is 2.30. The molecule has 0 amide bonds. The molecular formula is C15H23NO2. The molecule has 0 saturated heterocycles. The summed E-state index contributed by atoms with van der Waals surface area (Å²) in [7, 11) is 0. The van der Waals surface area contributed by atoms with Crippen molar-refractivity contribution in [1.82, 2.24) is 5.32 Å². The molecule has 0 fully saturated rings. The van der Waals surface area contributed by atoms with Crippen LogP contribution in [0.15, 0.2) is 30.3 Å². The van der Waals surface area contributed by atoms with Gasteiger partial charge in [-0.25, -0.2) is 4.79 Å². The third-order valence-corrected chi connectivity index (χ3v) is 3.14. The second-order valence-corrected chi connectivity index (χ2v) is 5.47. The van der Waals surface area contributed by atoms with Gasteiger partial charge in [0.2, 0.25) is 0 Å². The molecule has 0 radical (unpaired) electrons. The highest BCUT2D eigenvalue weighted by molar-refractivity contribution is 5.80. The molecule has 3 heteroatoms. The molecule has 100 valence electrons. The van der Waals surface area contributed by atoms with E-state index in [0.29, 0.717) is 5.92 Å². The summed E-state index contributed by atoms with van der Waals surface area (Å²) >= 11 is 0. The maximum absolute atomic E-state index is 11.6. The van der Waals surface area contributed by atoms with Gasteiger partial charge < -0.3 is 5.11 Å². The lowest BCUT2D eigenvalue weighted by molar-refractivity contribution is -0.145. The van der Waals surface area contributed by atoms with Gasteiger partial charge in [-0.3, -0.25) is 5.32 Å². The first kappa shape index (κ1) is 14.7. The topological polar surface area (TPSA) is 49.3 Å². The molecule has 0 bridgehead atoms. The molecule has 18 heavy (non-hydrogen) atoms. The fraction of sp³-hybridized carbons (Fsp3) is 0.533. The highest BCUT2D eigenvalue weighted by Gasteiger charge is 2.36. The molecule has 1 aromatic carbocycles. The van der Waals surface area contributed by atoms with Gasteiger partial charge >= 0.3 is 5.97 Å². The van der Waals surface area contributed by atoms with Crippen LogP contribution in [-0.2, 0) is 10.3 Å². The third-order valence-electron chi connectivity index (χ3n) is 3.14. The fourth-order valence-corrected chi connectivity index (χ4v) is 2.30. The van der Waals surface area contributed by atoms with Crippen LogP contribution in [0, 0.1) is 5.92 Å². The van der Waals surface area contributed by atoms with E-state index in [4.69, 9.17) is 0 Å². The van der Waals surface area contributed by atoms with Gasteiger partial charge in [0.05, 0.1) is 0 Å². The number of benzene rings is 1. The first-order valence-electron chi connectivity index (χ1n) is 6.43. The molecule has 0 aliphatic rings. The number of hydrogen-bond acceptors (Lipinski definition) is 2. The van der Waals surface area contributed by atoms with Crippen LogP contribution in [0.2, 0.25) is 0 Å². The molecule has 2 N–H and O–H groups in total. The van der Waals surface area contributed by atoms with Crippen molar-refractivity contribution < 1.29 is 9.90 Å². The summed E-state index contributed by atoms with van der Waals surface area (Å²) in [5.41, 5.74) is -0.247. The van der Waals surface area contributed by atoms with Crippen LogP contribution in [-0.4, -0.2) is 17.1 Å². The van der Waals surface area contributed by atoms with Crippen LogP contribution in [0.25, 0.3) is 0 Å². The Kier molecular flexibility index (Phi) is 4.91. The monoisotopic (exact) mass is 249 g/mol. The van der Waals surface area contributed by atoms with E-state index in [0.717, 1.165) is 12.0 Å². The summed E-state index contributed by atoms with van der Waals surface area (Å²) in [6, 6.07) is 9.48. The zero-order valence-electron chi connectivity index (χ0n) is 11.6. The van der Waals surface area contributed by atoms with Crippen LogP contribution in [0.3, 0.4) is 0 Å². The van der Waals surface area contributed by atoms with Crippen molar-refractivity contribution in [2.45, 2.75) is 45.7 Å². The largest absolute Gasteiger partial charge is 0.480 e. The lowest BCUT2D eigenvalue weighted by Gasteiger charge is -2.31. The molecule has 3 nitrogen and oxygen atoms in total. The van der Waals surface area contributed by atoms with Crippen molar-refractivity contribution >= 4 is 5.97 Å². The van der Waals surface area contributed by atoms with Gasteiger partial charge in [0.1, 0.15) is 5.54 Å².